The number of allylic oxidation sites excluding steroid dienone is 2. The van der Waals surface area contributed by atoms with E-state index in [9.17, 15) is 26.4 Å². The SMILES string of the molecule is C=CCC1(C(=O)OC)CCCCC=C1OS(=O)(=O)C(F)(F)F. The molecule has 0 radical (unpaired) electrons. The monoisotopic (exact) mass is 342 g/mol. The molecule has 1 aliphatic carbocycles. The molecule has 0 aliphatic heterocycles. The van der Waals surface area contributed by atoms with Gasteiger partial charge in [-0.15, -0.1) is 6.58 Å². The van der Waals surface area contributed by atoms with Crippen molar-refractivity contribution in [1.82, 2.24) is 0 Å². The van der Waals surface area contributed by atoms with E-state index in [1.165, 1.54) is 12.2 Å². The highest BCUT2D eigenvalue weighted by molar-refractivity contribution is 7.87. The summed E-state index contributed by atoms with van der Waals surface area (Å²) in [6.45, 7) is 3.46. The maximum atomic E-state index is 12.5. The molecule has 0 bridgehead atoms. The second-order valence-corrected chi connectivity index (χ2v) is 6.40. The van der Waals surface area contributed by atoms with Crippen molar-refractivity contribution in [3.05, 3.63) is 24.5 Å². The zero-order valence-electron chi connectivity index (χ0n) is 12.0. The average molecular weight is 342 g/mol. The summed E-state index contributed by atoms with van der Waals surface area (Å²) in [5, 5.41) is 0. The van der Waals surface area contributed by atoms with Crippen molar-refractivity contribution in [2.75, 3.05) is 7.11 Å². The lowest BCUT2D eigenvalue weighted by Crippen LogP contribution is -2.37. The van der Waals surface area contributed by atoms with E-state index in [1.54, 1.807) is 0 Å². The first-order valence-corrected chi connectivity index (χ1v) is 7.92. The fraction of sp³-hybridized carbons (Fsp3) is 0.615. The number of hydrogen-bond donors (Lipinski definition) is 0. The molecular weight excluding hydrogens is 325 g/mol. The van der Waals surface area contributed by atoms with Gasteiger partial charge < -0.3 is 8.92 Å². The van der Waals surface area contributed by atoms with Crippen LogP contribution < -0.4 is 0 Å². The molecule has 0 saturated carbocycles. The van der Waals surface area contributed by atoms with Crippen LogP contribution in [0.5, 0.6) is 0 Å². The number of alkyl halides is 3. The van der Waals surface area contributed by atoms with Crippen molar-refractivity contribution in [3.8, 4) is 0 Å². The number of hydrogen-bond acceptors (Lipinski definition) is 5. The third-order valence-corrected chi connectivity index (χ3v) is 4.38. The summed E-state index contributed by atoms with van der Waals surface area (Å²) in [7, 11) is -4.78. The first-order valence-electron chi connectivity index (χ1n) is 6.51. The van der Waals surface area contributed by atoms with Gasteiger partial charge in [-0.05, 0) is 31.8 Å². The van der Waals surface area contributed by atoms with Crippen molar-refractivity contribution >= 4 is 16.1 Å². The minimum absolute atomic E-state index is 0.0844. The number of methoxy groups -OCH3 is 1. The number of halogens is 3. The first-order chi connectivity index (χ1) is 10.1. The van der Waals surface area contributed by atoms with Crippen LogP contribution in [0.2, 0.25) is 0 Å². The number of ether oxygens (including phenoxy) is 1. The second-order valence-electron chi connectivity index (χ2n) is 4.86. The fourth-order valence-electron chi connectivity index (χ4n) is 2.33. The van der Waals surface area contributed by atoms with Crippen molar-refractivity contribution in [1.29, 1.82) is 0 Å². The quantitative estimate of drug-likeness (QED) is 0.332. The van der Waals surface area contributed by atoms with E-state index >= 15 is 0 Å². The van der Waals surface area contributed by atoms with Crippen LogP contribution in [0.25, 0.3) is 0 Å². The minimum atomic E-state index is -5.86. The summed E-state index contributed by atoms with van der Waals surface area (Å²) >= 11 is 0. The van der Waals surface area contributed by atoms with Gasteiger partial charge in [-0.3, -0.25) is 4.79 Å². The Morgan fingerprint density at radius 3 is 2.59 bits per heavy atom. The highest BCUT2D eigenvalue weighted by Gasteiger charge is 2.53. The third kappa shape index (κ3) is 3.63. The number of rotatable bonds is 5. The van der Waals surface area contributed by atoms with Gasteiger partial charge in [0.25, 0.3) is 0 Å². The summed E-state index contributed by atoms with van der Waals surface area (Å²) in [5.74, 6) is -1.40. The van der Waals surface area contributed by atoms with Gasteiger partial charge in [0, 0.05) is 0 Å². The third-order valence-electron chi connectivity index (χ3n) is 3.41. The van der Waals surface area contributed by atoms with Gasteiger partial charge in [0.1, 0.15) is 11.2 Å². The standard InChI is InChI=1S/C13H17F3O5S/c1-3-8-12(11(17)20-2)9-6-4-5-7-10(12)21-22(18,19)13(14,15)16/h3,7H,1,4-6,8-9H2,2H3. The molecular formula is C13H17F3O5S. The molecule has 1 unspecified atom stereocenters. The summed E-state index contributed by atoms with van der Waals surface area (Å²) in [5.41, 5.74) is -7.18. The molecule has 0 aromatic rings. The molecule has 0 fully saturated rings. The van der Waals surface area contributed by atoms with Gasteiger partial charge in [0.2, 0.25) is 0 Å². The van der Waals surface area contributed by atoms with Crippen LogP contribution in [0, 0.1) is 5.41 Å². The van der Waals surface area contributed by atoms with Crippen LogP contribution in [0.3, 0.4) is 0 Å². The van der Waals surface area contributed by atoms with E-state index in [0.717, 1.165) is 7.11 Å². The molecule has 22 heavy (non-hydrogen) atoms. The van der Waals surface area contributed by atoms with E-state index in [1.807, 2.05) is 0 Å². The molecule has 1 aliphatic rings. The summed E-state index contributed by atoms with van der Waals surface area (Å²) in [6.07, 6.45) is 3.96. The van der Waals surface area contributed by atoms with Gasteiger partial charge in [-0.1, -0.05) is 12.5 Å². The Labute approximate surface area is 126 Å². The summed E-state index contributed by atoms with van der Waals surface area (Å²) < 4.78 is 69.1. The van der Waals surface area contributed by atoms with Gasteiger partial charge in [0.15, 0.2) is 0 Å². The highest BCUT2D eigenvalue weighted by atomic mass is 32.2. The summed E-state index contributed by atoms with van der Waals surface area (Å²) in [4.78, 5) is 12.1. The predicted molar refractivity (Wildman–Crippen MR) is 71.9 cm³/mol. The Morgan fingerprint density at radius 2 is 2.09 bits per heavy atom. The number of carbonyl (C=O) groups excluding carboxylic acids is 1. The smallest absolute Gasteiger partial charge is 0.468 e. The van der Waals surface area contributed by atoms with Crippen LogP contribution in [-0.4, -0.2) is 27.0 Å². The molecule has 0 amide bonds. The second kappa shape index (κ2) is 6.72. The largest absolute Gasteiger partial charge is 0.534 e. The van der Waals surface area contributed by atoms with E-state index in [4.69, 9.17) is 0 Å². The van der Waals surface area contributed by atoms with Gasteiger partial charge in [-0.2, -0.15) is 21.6 Å². The molecule has 0 spiro atoms. The molecule has 126 valence electrons. The van der Waals surface area contributed by atoms with Crippen LogP contribution >= 0.6 is 0 Å². The van der Waals surface area contributed by atoms with Crippen LogP contribution in [0.1, 0.15) is 32.1 Å². The van der Waals surface area contributed by atoms with E-state index in [-0.39, 0.29) is 12.8 Å². The van der Waals surface area contributed by atoms with Crippen molar-refractivity contribution < 1.29 is 35.3 Å². The average Bonchev–Trinajstić information content (AvgIpc) is 2.60. The Hall–Kier alpha value is -1.51. The van der Waals surface area contributed by atoms with E-state index < -0.39 is 32.8 Å². The van der Waals surface area contributed by atoms with E-state index in [0.29, 0.717) is 19.3 Å². The molecule has 0 aromatic carbocycles. The Morgan fingerprint density at radius 1 is 1.45 bits per heavy atom. The molecule has 1 rings (SSSR count). The van der Waals surface area contributed by atoms with Crippen LogP contribution in [0.15, 0.2) is 24.5 Å². The highest BCUT2D eigenvalue weighted by Crippen LogP contribution is 2.44. The minimum Gasteiger partial charge on any atom is -0.468 e. The van der Waals surface area contributed by atoms with Crippen molar-refractivity contribution in [2.24, 2.45) is 5.41 Å². The van der Waals surface area contributed by atoms with Crippen molar-refractivity contribution in [2.45, 2.75) is 37.6 Å². The molecule has 0 N–H and O–H groups in total. The lowest BCUT2D eigenvalue weighted by molar-refractivity contribution is -0.152. The molecule has 0 heterocycles. The molecule has 0 aromatic heterocycles. The molecule has 5 nitrogen and oxygen atoms in total. The fourth-order valence-corrected chi connectivity index (χ4v) is 2.89. The predicted octanol–water partition coefficient (Wildman–Crippen LogP) is 3.05. The van der Waals surface area contributed by atoms with Crippen LogP contribution in [0.4, 0.5) is 13.2 Å². The number of carbonyl (C=O) groups is 1. The zero-order valence-corrected chi connectivity index (χ0v) is 12.8. The molecule has 9 heteroatoms. The van der Waals surface area contributed by atoms with Crippen molar-refractivity contribution in [3.63, 3.8) is 0 Å². The van der Waals surface area contributed by atoms with E-state index in [2.05, 4.69) is 15.5 Å². The Balaban J connectivity index is 3.33. The van der Waals surface area contributed by atoms with Crippen LogP contribution in [-0.2, 0) is 23.8 Å². The normalized spacial score (nSPS) is 23.2. The number of esters is 1. The first kappa shape index (κ1) is 18.5. The zero-order chi connectivity index (χ0) is 17.0. The Kier molecular flexibility index (Phi) is 5.66. The lowest BCUT2D eigenvalue weighted by atomic mass is 9.78. The Bertz CT molecular complexity index is 565. The molecule has 1 atom stereocenters. The lowest BCUT2D eigenvalue weighted by Gasteiger charge is -2.30. The summed E-state index contributed by atoms with van der Waals surface area (Å²) in [6, 6.07) is 0. The van der Waals surface area contributed by atoms with Gasteiger partial charge in [-0.25, -0.2) is 0 Å². The maximum absolute atomic E-state index is 12.5. The van der Waals surface area contributed by atoms with Gasteiger partial charge >= 0.3 is 21.6 Å². The maximum Gasteiger partial charge on any atom is 0.534 e. The van der Waals surface area contributed by atoms with Gasteiger partial charge in [0.05, 0.1) is 7.11 Å². The topological polar surface area (TPSA) is 69.7 Å². The molecule has 0 saturated heterocycles.